The lowest BCUT2D eigenvalue weighted by Crippen LogP contribution is -1.92. The van der Waals surface area contributed by atoms with Crippen molar-refractivity contribution in [3.63, 3.8) is 0 Å². The molecule has 0 aliphatic carbocycles. The lowest BCUT2D eigenvalue weighted by molar-refractivity contribution is 0.563. The zero-order valence-electron chi connectivity index (χ0n) is 7.66. The highest BCUT2D eigenvalue weighted by atomic mass is 35.5. The van der Waals surface area contributed by atoms with Crippen LogP contribution in [-0.2, 0) is 11.2 Å². The van der Waals surface area contributed by atoms with Gasteiger partial charge in [0.2, 0.25) is 6.08 Å². The second-order valence-corrected chi connectivity index (χ2v) is 3.40. The van der Waals surface area contributed by atoms with Gasteiger partial charge in [0.05, 0.1) is 6.54 Å². The fourth-order valence-electron chi connectivity index (χ4n) is 1.14. The van der Waals surface area contributed by atoms with Crippen LogP contribution in [0.4, 0.5) is 0 Å². The Morgan fingerprint density at radius 3 is 3.00 bits per heavy atom. The van der Waals surface area contributed by atoms with Crippen molar-refractivity contribution in [1.82, 2.24) is 0 Å². The lowest BCUT2D eigenvalue weighted by Gasteiger charge is -2.02. The fourth-order valence-corrected chi connectivity index (χ4v) is 1.35. The Morgan fingerprint density at radius 1 is 1.57 bits per heavy atom. The molecule has 0 aliphatic rings. The fraction of sp³-hybridized carbons (Fsp3) is 0.182. The molecule has 0 radical (unpaired) electrons. The summed E-state index contributed by atoms with van der Waals surface area (Å²) in [5.41, 5.74) is 1.94. The van der Waals surface area contributed by atoms with Gasteiger partial charge in [0.25, 0.3) is 0 Å². The Kier molecular flexibility index (Phi) is 4.11. The minimum atomic E-state index is 0.329. The van der Waals surface area contributed by atoms with Crippen LogP contribution in [0.2, 0.25) is 5.02 Å². The van der Waals surface area contributed by atoms with E-state index in [0.29, 0.717) is 18.0 Å². The molecule has 0 N–H and O–H groups in total. The molecule has 72 valence electrons. The van der Waals surface area contributed by atoms with Crippen LogP contribution in [0, 0.1) is 0 Å². The maximum Gasteiger partial charge on any atom is 0.235 e. The summed E-state index contributed by atoms with van der Waals surface area (Å²) in [4.78, 5) is 13.3. The molecule has 0 atom stereocenters. The SMILES string of the molecule is C=C(CN=C=O)Cc1cccc(Cl)c1. The van der Waals surface area contributed by atoms with E-state index < -0.39 is 0 Å². The molecule has 0 fully saturated rings. The number of isocyanates is 1. The summed E-state index contributed by atoms with van der Waals surface area (Å²) in [5, 5.41) is 0.703. The summed E-state index contributed by atoms with van der Waals surface area (Å²) in [7, 11) is 0. The molecule has 0 amide bonds. The van der Waals surface area contributed by atoms with E-state index in [1.54, 1.807) is 0 Å². The lowest BCUT2D eigenvalue weighted by atomic mass is 10.1. The zero-order valence-corrected chi connectivity index (χ0v) is 8.42. The standard InChI is InChI=1S/C11H10ClNO/c1-9(7-13-8-14)5-10-3-2-4-11(12)6-10/h2-4,6H,1,5,7H2. The van der Waals surface area contributed by atoms with E-state index in [1.807, 2.05) is 24.3 Å². The number of hydrogen-bond donors (Lipinski definition) is 0. The molecular weight excluding hydrogens is 198 g/mol. The van der Waals surface area contributed by atoms with Crippen LogP contribution in [0.15, 0.2) is 41.4 Å². The van der Waals surface area contributed by atoms with Gasteiger partial charge < -0.3 is 0 Å². The molecule has 1 aromatic rings. The minimum absolute atomic E-state index is 0.329. The molecule has 3 heteroatoms. The molecule has 2 nitrogen and oxygen atoms in total. The Morgan fingerprint density at radius 2 is 2.36 bits per heavy atom. The number of nitrogens with zero attached hydrogens (tertiary/aromatic N) is 1. The molecule has 0 bridgehead atoms. The first-order valence-electron chi connectivity index (χ1n) is 4.17. The number of halogens is 1. The minimum Gasteiger partial charge on any atom is -0.211 e. The third-order valence-electron chi connectivity index (χ3n) is 1.71. The van der Waals surface area contributed by atoms with E-state index in [-0.39, 0.29) is 0 Å². The van der Waals surface area contributed by atoms with Crippen molar-refractivity contribution >= 4 is 17.7 Å². The van der Waals surface area contributed by atoms with Crippen molar-refractivity contribution in [2.45, 2.75) is 6.42 Å². The summed E-state index contributed by atoms with van der Waals surface area (Å²) in [6, 6.07) is 7.53. The summed E-state index contributed by atoms with van der Waals surface area (Å²) < 4.78 is 0. The summed E-state index contributed by atoms with van der Waals surface area (Å²) in [6.07, 6.45) is 2.17. The molecular formula is C11H10ClNO. The van der Waals surface area contributed by atoms with Crippen LogP contribution in [0.1, 0.15) is 5.56 Å². The van der Waals surface area contributed by atoms with Crippen molar-refractivity contribution in [3.05, 3.63) is 47.0 Å². The summed E-state index contributed by atoms with van der Waals surface area (Å²) in [6.45, 7) is 4.13. The third kappa shape index (κ3) is 3.56. The molecule has 1 rings (SSSR count). The third-order valence-corrected chi connectivity index (χ3v) is 1.95. The van der Waals surface area contributed by atoms with Crippen LogP contribution >= 0.6 is 11.6 Å². The Balaban J connectivity index is 2.60. The van der Waals surface area contributed by atoms with Gasteiger partial charge >= 0.3 is 0 Å². The first-order valence-corrected chi connectivity index (χ1v) is 4.55. The van der Waals surface area contributed by atoms with Crippen molar-refractivity contribution in [1.29, 1.82) is 0 Å². The highest BCUT2D eigenvalue weighted by molar-refractivity contribution is 6.30. The Bertz CT molecular complexity index is 381. The normalized spacial score (nSPS) is 9.21. The largest absolute Gasteiger partial charge is 0.235 e. The zero-order chi connectivity index (χ0) is 10.4. The van der Waals surface area contributed by atoms with Gasteiger partial charge in [-0.1, -0.05) is 35.9 Å². The quantitative estimate of drug-likeness (QED) is 0.424. The van der Waals surface area contributed by atoms with Crippen molar-refractivity contribution in [3.8, 4) is 0 Å². The molecule has 0 saturated carbocycles. The van der Waals surface area contributed by atoms with Gasteiger partial charge in [-0.15, -0.1) is 0 Å². The van der Waals surface area contributed by atoms with E-state index in [9.17, 15) is 4.79 Å². The van der Waals surface area contributed by atoms with Crippen molar-refractivity contribution in [2.75, 3.05) is 6.54 Å². The van der Waals surface area contributed by atoms with Gasteiger partial charge in [-0.2, -0.15) is 0 Å². The monoisotopic (exact) mass is 207 g/mol. The Labute approximate surface area is 87.9 Å². The highest BCUT2D eigenvalue weighted by Gasteiger charge is 1.97. The number of hydrogen-bond acceptors (Lipinski definition) is 2. The summed E-state index contributed by atoms with van der Waals surface area (Å²) in [5.74, 6) is 0. The van der Waals surface area contributed by atoms with Crippen LogP contribution in [0.5, 0.6) is 0 Å². The average molecular weight is 208 g/mol. The predicted molar refractivity (Wildman–Crippen MR) is 57.3 cm³/mol. The number of carbonyl (C=O) groups excluding carboxylic acids is 1. The van der Waals surface area contributed by atoms with Gasteiger partial charge in [0.15, 0.2) is 0 Å². The highest BCUT2D eigenvalue weighted by Crippen LogP contribution is 2.13. The maximum absolute atomic E-state index is 9.86. The van der Waals surface area contributed by atoms with Gasteiger partial charge in [0, 0.05) is 5.02 Å². The van der Waals surface area contributed by atoms with E-state index in [2.05, 4.69) is 11.6 Å². The topological polar surface area (TPSA) is 29.4 Å². The first-order chi connectivity index (χ1) is 6.72. The van der Waals surface area contributed by atoms with Crippen LogP contribution in [0.3, 0.4) is 0 Å². The number of aliphatic imine (C=N–C) groups is 1. The molecule has 1 aromatic carbocycles. The van der Waals surface area contributed by atoms with Gasteiger partial charge in [-0.25, -0.2) is 9.79 Å². The molecule has 0 heterocycles. The van der Waals surface area contributed by atoms with E-state index in [4.69, 9.17) is 11.6 Å². The molecule has 14 heavy (non-hydrogen) atoms. The maximum atomic E-state index is 9.86. The van der Waals surface area contributed by atoms with Crippen LogP contribution < -0.4 is 0 Å². The smallest absolute Gasteiger partial charge is 0.211 e. The molecule has 0 saturated heterocycles. The molecule has 0 aliphatic heterocycles. The average Bonchev–Trinajstić information content (AvgIpc) is 2.15. The van der Waals surface area contributed by atoms with E-state index in [1.165, 1.54) is 6.08 Å². The second kappa shape index (κ2) is 5.38. The number of benzene rings is 1. The predicted octanol–water partition coefficient (Wildman–Crippen LogP) is 2.77. The molecule has 0 aromatic heterocycles. The van der Waals surface area contributed by atoms with E-state index >= 15 is 0 Å². The molecule has 0 unspecified atom stereocenters. The van der Waals surface area contributed by atoms with Crippen molar-refractivity contribution < 1.29 is 4.79 Å². The first kappa shape index (κ1) is 10.7. The van der Waals surface area contributed by atoms with Gasteiger partial charge in [-0.3, -0.25) is 0 Å². The van der Waals surface area contributed by atoms with Crippen molar-refractivity contribution in [2.24, 2.45) is 4.99 Å². The van der Waals surface area contributed by atoms with Crippen LogP contribution in [-0.4, -0.2) is 12.6 Å². The number of rotatable bonds is 4. The van der Waals surface area contributed by atoms with E-state index in [0.717, 1.165) is 11.1 Å². The van der Waals surface area contributed by atoms with Gasteiger partial charge in [0.1, 0.15) is 0 Å². The second-order valence-electron chi connectivity index (χ2n) is 2.96. The molecule has 0 spiro atoms. The summed E-state index contributed by atoms with van der Waals surface area (Å²) >= 11 is 5.82. The van der Waals surface area contributed by atoms with Gasteiger partial charge in [-0.05, 0) is 24.1 Å². The van der Waals surface area contributed by atoms with Crippen LogP contribution in [0.25, 0.3) is 0 Å². The Hall–Kier alpha value is -1.37.